The number of sulfonamides is 1. The minimum Gasteiger partial charge on any atom is -0.354 e. The Morgan fingerprint density at radius 1 is 0.947 bits per heavy atom. The molecule has 0 radical (unpaired) electrons. The molecule has 7 nitrogen and oxygen atoms in total. The van der Waals surface area contributed by atoms with E-state index < -0.39 is 28.5 Å². The van der Waals surface area contributed by atoms with Crippen LogP contribution in [0.2, 0.25) is 5.02 Å². The molecule has 0 saturated carbocycles. The van der Waals surface area contributed by atoms with Gasteiger partial charge in [0.05, 0.1) is 10.6 Å². The Bertz CT molecular complexity index is 1380. The van der Waals surface area contributed by atoms with Gasteiger partial charge in [-0.05, 0) is 68.1 Å². The summed E-state index contributed by atoms with van der Waals surface area (Å²) in [5.41, 5.74) is 2.66. The minimum atomic E-state index is -4.14. The zero-order valence-corrected chi connectivity index (χ0v) is 23.7. The van der Waals surface area contributed by atoms with Crippen molar-refractivity contribution in [2.45, 2.75) is 51.6 Å². The van der Waals surface area contributed by atoms with Gasteiger partial charge in [-0.2, -0.15) is 0 Å². The van der Waals surface area contributed by atoms with E-state index in [2.05, 4.69) is 5.32 Å². The van der Waals surface area contributed by atoms with Crippen LogP contribution in [0.3, 0.4) is 0 Å². The van der Waals surface area contributed by atoms with Crippen molar-refractivity contribution in [1.82, 2.24) is 10.2 Å². The average Bonchev–Trinajstić information content (AvgIpc) is 2.91. The maximum absolute atomic E-state index is 13.9. The van der Waals surface area contributed by atoms with Crippen molar-refractivity contribution in [1.29, 1.82) is 0 Å². The summed E-state index contributed by atoms with van der Waals surface area (Å²) in [5.74, 6) is -0.809. The predicted octanol–water partition coefficient (Wildman–Crippen LogP) is 5.10. The Morgan fingerprint density at radius 3 is 2.26 bits per heavy atom. The van der Waals surface area contributed by atoms with E-state index in [-0.39, 0.29) is 17.3 Å². The second kappa shape index (κ2) is 12.9. The van der Waals surface area contributed by atoms with E-state index in [1.807, 2.05) is 38.1 Å². The second-order valence-electron chi connectivity index (χ2n) is 9.12. The van der Waals surface area contributed by atoms with Crippen LogP contribution in [0.15, 0.2) is 77.7 Å². The second-order valence-corrected chi connectivity index (χ2v) is 11.4. The lowest BCUT2D eigenvalue weighted by Gasteiger charge is -2.32. The predicted molar refractivity (Wildman–Crippen MR) is 152 cm³/mol. The quantitative estimate of drug-likeness (QED) is 0.357. The molecular formula is C29H34ClN3O4S. The maximum Gasteiger partial charge on any atom is 0.264 e. The van der Waals surface area contributed by atoms with Crippen molar-refractivity contribution in [2.75, 3.05) is 17.4 Å². The zero-order chi connectivity index (χ0) is 27.9. The molecule has 202 valence electrons. The molecule has 3 aromatic carbocycles. The van der Waals surface area contributed by atoms with Gasteiger partial charge in [0.2, 0.25) is 11.8 Å². The van der Waals surface area contributed by atoms with E-state index in [4.69, 9.17) is 11.6 Å². The van der Waals surface area contributed by atoms with E-state index in [9.17, 15) is 18.0 Å². The van der Waals surface area contributed by atoms with Crippen LogP contribution < -0.4 is 9.62 Å². The molecule has 38 heavy (non-hydrogen) atoms. The Morgan fingerprint density at radius 2 is 1.61 bits per heavy atom. The van der Waals surface area contributed by atoms with Crippen LogP contribution in [0.4, 0.5) is 5.69 Å². The molecule has 0 unspecified atom stereocenters. The molecule has 0 aliphatic carbocycles. The lowest BCUT2D eigenvalue weighted by molar-refractivity contribution is -0.139. The van der Waals surface area contributed by atoms with Crippen LogP contribution in [-0.4, -0.2) is 44.3 Å². The number of nitrogens with zero attached hydrogens (tertiary/aromatic N) is 2. The van der Waals surface area contributed by atoms with Gasteiger partial charge in [0.1, 0.15) is 12.6 Å². The van der Waals surface area contributed by atoms with Crippen LogP contribution in [0.5, 0.6) is 0 Å². The summed E-state index contributed by atoms with van der Waals surface area (Å²) in [6.45, 7) is 7.37. The number of benzene rings is 3. The fourth-order valence-electron chi connectivity index (χ4n) is 4.05. The molecule has 3 aromatic rings. The first-order valence-corrected chi connectivity index (χ1v) is 14.3. The Kier molecular flexibility index (Phi) is 9.94. The van der Waals surface area contributed by atoms with Crippen LogP contribution in [0.25, 0.3) is 0 Å². The van der Waals surface area contributed by atoms with Crippen molar-refractivity contribution in [3.05, 3.63) is 94.5 Å². The lowest BCUT2D eigenvalue weighted by atomic mass is 10.1. The molecule has 0 spiro atoms. The van der Waals surface area contributed by atoms with Crippen molar-refractivity contribution in [3.63, 3.8) is 0 Å². The number of rotatable bonds is 11. The molecule has 0 aliphatic heterocycles. The number of amides is 2. The largest absolute Gasteiger partial charge is 0.354 e. The Balaban J connectivity index is 2.06. The first kappa shape index (κ1) is 29.2. The van der Waals surface area contributed by atoms with Gasteiger partial charge in [-0.1, -0.05) is 67.1 Å². The van der Waals surface area contributed by atoms with E-state index in [0.717, 1.165) is 21.9 Å². The Labute approximate surface area is 230 Å². The molecule has 3 rings (SSSR count). The third-order valence-electron chi connectivity index (χ3n) is 6.44. The topological polar surface area (TPSA) is 86.8 Å². The number of aryl methyl sites for hydroxylation is 1. The smallest absolute Gasteiger partial charge is 0.264 e. The van der Waals surface area contributed by atoms with E-state index >= 15 is 0 Å². The zero-order valence-electron chi connectivity index (χ0n) is 22.1. The number of anilines is 1. The molecule has 0 bridgehead atoms. The van der Waals surface area contributed by atoms with E-state index in [1.165, 1.54) is 17.0 Å². The number of hydrogen-bond acceptors (Lipinski definition) is 4. The maximum atomic E-state index is 13.9. The number of halogens is 1. The molecule has 1 atom stereocenters. The van der Waals surface area contributed by atoms with Crippen LogP contribution in [0, 0.1) is 13.8 Å². The first-order valence-electron chi connectivity index (χ1n) is 12.5. The van der Waals surface area contributed by atoms with Gasteiger partial charge >= 0.3 is 0 Å². The molecule has 0 heterocycles. The molecule has 0 aliphatic rings. The highest BCUT2D eigenvalue weighted by atomic mass is 35.5. The fraction of sp³-hybridized carbons (Fsp3) is 0.310. The standard InChI is InChI=1S/C29H34ClN3O4S/c1-5-18-31-29(35)23(4)32(19-24-13-10-9-12-21(24)2)28(34)20-33(27-17-11-16-26(30)22(27)3)38(36,37)25-14-7-6-8-15-25/h6-17,23H,5,18-20H2,1-4H3,(H,31,35)/t23-/m0/s1. The molecular weight excluding hydrogens is 522 g/mol. The summed E-state index contributed by atoms with van der Waals surface area (Å²) in [7, 11) is -4.14. The summed E-state index contributed by atoms with van der Waals surface area (Å²) in [6, 6.07) is 19.7. The van der Waals surface area contributed by atoms with Crippen molar-refractivity contribution in [3.8, 4) is 0 Å². The number of hydrogen-bond donors (Lipinski definition) is 1. The summed E-state index contributed by atoms with van der Waals surface area (Å²) < 4.78 is 28.8. The molecule has 2 amide bonds. The number of carbonyl (C=O) groups excluding carboxylic acids is 2. The van der Waals surface area contributed by atoms with Crippen LogP contribution in [0.1, 0.15) is 37.0 Å². The summed E-state index contributed by atoms with van der Waals surface area (Å²) in [5, 5.41) is 3.23. The molecule has 0 fully saturated rings. The molecule has 0 saturated heterocycles. The van der Waals surface area contributed by atoms with E-state index in [0.29, 0.717) is 22.8 Å². The summed E-state index contributed by atoms with van der Waals surface area (Å²) in [6.07, 6.45) is 0.751. The van der Waals surface area contributed by atoms with Crippen LogP contribution >= 0.6 is 11.6 Å². The van der Waals surface area contributed by atoms with Crippen molar-refractivity contribution >= 4 is 39.1 Å². The fourth-order valence-corrected chi connectivity index (χ4v) is 5.71. The van der Waals surface area contributed by atoms with Crippen LogP contribution in [-0.2, 0) is 26.2 Å². The lowest BCUT2D eigenvalue weighted by Crippen LogP contribution is -2.51. The highest BCUT2D eigenvalue weighted by molar-refractivity contribution is 7.92. The van der Waals surface area contributed by atoms with Gasteiger partial charge in [0.25, 0.3) is 10.0 Å². The monoisotopic (exact) mass is 555 g/mol. The third-order valence-corrected chi connectivity index (χ3v) is 8.62. The molecule has 9 heteroatoms. The van der Waals surface area contributed by atoms with Gasteiger partial charge in [-0.25, -0.2) is 8.42 Å². The minimum absolute atomic E-state index is 0.0476. The van der Waals surface area contributed by atoms with Gasteiger partial charge in [-0.15, -0.1) is 0 Å². The van der Waals surface area contributed by atoms with Crippen molar-refractivity contribution < 1.29 is 18.0 Å². The third kappa shape index (κ3) is 6.74. The van der Waals surface area contributed by atoms with Gasteiger partial charge < -0.3 is 10.2 Å². The average molecular weight is 556 g/mol. The molecule has 1 N–H and O–H groups in total. The normalized spacial score (nSPS) is 12.0. The van der Waals surface area contributed by atoms with Crippen molar-refractivity contribution in [2.24, 2.45) is 0 Å². The summed E-state index contributed by atoms with van der Waals surface area (Å²) >= 11 is 6.35. The number of carbonyl (C=O) groups is 2. The highest BCUT2D eigenvalue weighted by Gasteiger charge is 2.33. The van der Waals surface area contributed by atoms with Gasteiger partial charge in [-0.3, -0.25) is 13.9 Å². The molecule has 0 aromatic heterocycles. The summed E-state index contributed by atoms with van der Waals surface area (Å²) in [4.78, 5) is 28.4. The Hall–Kier alpha value is -3.36. The SMILES string of the molecule is CCCNC(=O)[C@H](C)N(Cc1ccccc1C)C(=O)CN(c1cccc(Cl)c1C)S(=O)(=O)c1ccccc1. The highest BCUT2D eigenvalue weighted by Crippen LogP contribution is 2.31. The van der Waals surface area contributed by atoms with Gasteiger partial charge in [0.15, 0.2) is 0 Å². The van der Waals surface area contributed by atoms with E-state index in [1.54, 1.807) is 50.2 Å². The van der Waals surface area contributed by atoms with Gasteiger partial charge in [0, 0.05) is 18.1 Å². The number of nitrogens with one attached hydrogen (secondary N) is 1. The first-order chi connectivity index (χ1) is 18.1.